The lowest BCUT2D eigenvalue weighted by Gasteiger charge is -2.34. The highest BCUT2D eigenvalue weighted by atomic mass is 19.4. The average molecular weight is 612 g/mol. The van der Waals surface area contributed by atoms with Crippen LogP contribution in [-0.4, -0.2) is 77.1 Å². The van der Waals surface area contributed by atoms with E-state index in [-0.39, 0.29) is 43.8 Å². The lowest BCUT2D eigenvalue weighted by molar-refractivity contribution is -0.142. The van der Waals surface area contributed by atoms with E-state index in [0.717, 1.165) is 25.0 Å². The number of nitrogens with one attached hydrogen (secondary N) is 1. The fraction of sp³-hybridized carbons (Fsp3) is 0.677. The van der Waals surface area contributed by atoms with Gasteiger partial charge in [0.15, 0.2) is 0 Å². The summed E-state index contributed by atoms with van der Waals surface area (Å²) in [6.07, 6.45) is -0.673. The van der Waals surface area contributed by atoms with Crippen molar-refractivity contribution < 1.29 is 42.2 Å². The summed E-state index contributed by atoms with van der Waals surface area (Å²) in [5.74, 6) is -2.55. The number of ether oxygens (including phenoxy) is 1. The van der Waals surface area contributed by atoms with E-state index in [1.54, 1.807) is 9.80 Å². The molecular formula is C31H44F3N3O6. The van der Waals surface area contributed by atoms with E-state index in [2.05, 4.69) is 5.32 Å². The van der Waals surface area contributed by atoms with E-state index in [4.69, 9.17) is 4.74 Å². The molecule has 0 saturated carbocycles. The van der Waals surface area contributed by atoms with Crippen molar-refractivity contribution in [3.8, 4) is 0 Å². The summed E-state index contributed by atoms with van der Waals surface area (Å²) in [5.41, 5.74) is -0.954. The maximum absolute atomic E-state index is 13.0. The second-order valence-corrected chi connectivity index (χ2v) is 12.6. The molecule has 0 spiro atoms. The minimum Gasteiger partial charge on any atom is -0.481 e. The molecule has 2 aliphatic rings. The van der Waals surface area contributed by atoms with E-state index >= 15 is 0 Å². The van der Waals surface area contributed by atoms with Crippen molar-refractivity contribution in [3.63, 3.8) is 0 Å². The fourth-order valence-electron chi connectivity index (χ4n) is 5.56. The number of amides is 3. The van der Waals surface area contributed by atoms with Gasteiger partial charge in [-0.05, 0) is 83.3 Å². The molecular weight excluding hydrogens is 567 g/mol. The minimum absolute atomic E-state index is 0.0171. The molecule has 0 aromatic heterocycles. The van der Waals surface area contributed by atoms with Crippen LogP contribution in [0.1, 0.15) is 76.8 Å². The topological polar surface area (TPSA) is 116 Å². The molecule has 2 heterocycles. The van der Waals surface area contributed by atoms with Crippen LogP contribution in [0.4, 0.5) is 18.0 Å². The Labute approximate surface area is 251 Å². The first-order valence-electron chi connectivity index (χ1n) is 15.0. The van der Waals surface area contributed by atoms with Crippen LogP contribution in [-0.2, 0) is 31.7 Å². The monoisotopic (exact) mass is 611 g/mol. The van der Waals surface area contributed by atoms with Gasteiger partial charge in [-0.3, -0.25) is 14.4 Å². The third kappa shape index (κ3) is 11.0. The molecule has 0 aliphatic carbocycles. The van der Waals surface area contributed by atoms with Crippen molar-refractivity contribution in [2.24, 2.45) is 17.8 Å². The molecule has 240 valence electrons. The minimum atomic E-state index is -4.48. The number of carboxylic acids is 1. The second-order valence-electron chi connectivity index (χ2n) is 12.6. The third-order valence-corrected chi connectivity index (χ3v) is 8.09. The van der Waals surface area contributed by atoms with Crippen LogP contribution in [0.5, 0.6) is 0 Å². The summed E-state index contributed by atoms with van der Waals surface area (Å²) in [4.78, 5) is 53.3. The highest BCUT2D eigenvalue weighted by Gasteiger charge is 2.32. The lowest BCUT2D eigenvalue weighted by Crippen LogP contribution is -2.46. The van der Waals surface area contributed by atoms with E-state index in [0.29, 0.717) is 56.8 Å². The van der Waals surface area contributed by atoms with E-state index in [1.807, 2.05) is 20.8 Å². The normalized spacial score (nSPS) is 19.1. The first-order chi connectivity index (χ1) is 20.1. The van der Waals surface area contributed by atoms with E-state index in [1.165, 1.54) is 12.1 Å². The van der Waals surface area contributed by atoms with Crippen LogP contribution in [0.3, 0.4) is 0 Å². The molecule has 9 nitrogen and oxygen atoms in total. The van der Waals surface area contributed by atoms with Crippen LogP contribution >= 0.6 is 0 Å². The summed E-state index contributed by atoms with van der Waals surface area (Å²) in [7, 11) is 0. The largest absolute Gasteiger partial charge is 0.481 e. The Bertz CT molecular complexity index is 1130. The molecule has 0 unspecified atom stereocenters. The molecule has 43 heavy (non-hydrogen) atoms. The summed E-state index contributed by atoms with van der Waals surface area (Å²) in [5, 5.41) is 12.3. The standard InChI is InChI=1S/C31H44F3N3O6/c1-30(2,3)43-29(42)36-16-13-21(14-17-36)10-12-26(38)37-15-5-7-24(20-37)27(39)35-19-23(28(40)41)11-9-22-6-4-8-25(18-22)31(32,33)34/h4,6,8,18,21,23-24H,5,7,9-17,19-20H2,1-3H3,(H,35,39)(H,40,41)/t23-,24-/m1/s1. The van der Waals surface area contributed by atoms with Gasteiger partial charge in [-0.25, -0.2) is 4.79 Å². The Hall–Kier alpha value is -3.31. The molecule has 2 N–H and O–H groups in total. The summed E-state index contributed by atoms with van der Waals surface area (Å²) in [6, 6.07) is 4.79. The quantitative estimate of drug-likeness (QED) is 0.380. The highest BCUT2D eigenvalue weighted by Crippen LogP contribution is 2.30. The Morgan fingerprint density at radius 1 is 1.05 bits per heavy atom. The number of hydrogen-bond donors (Lipinski definition) is 2. The van der Waals surface area contributed by atoms with Gasteiger partial charge in [0, 0.05) is 39.1 Å². The number of carboxylic acid groups (broad SMARTS) is 1. The molecule has 2 aliphatic heterocycles. The lowest BCUT2D eigenvalue weighted by atomic mass is 9.91. The molecule has 2 atom stereocenters. The number of aryl methyl sites for hydroxylation is 1. The molecule has 3 rings (SSSR count). The Morgan fingerprint density at radius 3 is 2.37 bits per heavy atom. The van der Waals surface area contributed by atoms with Gasteiger partial charge in [0.2, 0.25) is 11.8 Å². The number of benzene rings is 1. The van der Waals surface area contributed by atoms with Gasteiger partial charge >= 0.3 is 18.2 Å². The van der Waals surface area contributed by atoms with Gasteiger partial charge in [-0.15, -0.1) is 0 Å². The first-order valence-corrected chi connectivity index (χ1v) is 15.0. The predicted octanol–water partition coefficient (Wildman–Crippen LogP) is 5.12. The number of rotatable bonds is 10. The Kier molecular flexibility index (Phi) is 11.9. The van der Waals surface area contributed by atoms with Crippen molar-refractivity contribution in [1.29, 1.82) is 0 Å². The van der Waals surface area contributed by atoms with Crippen LogP contribution in [0.25, 0.3) is 0 Å². The molecule has 1 aromatic carbocycles. The zero-order chi connectivity index (χ0) is 31.8. The molecule has 0 radical (unpaired) electrons. The van der Waals surface area contributed by atoms with Crippen molar-refractivity contribution >= 4 is 23.9 Å². The molecule has 2 saturated heterocycles. The number of carbonyl (C=O) groups excluding carboxylic acids is 3. The fourth-order valence-corrected chi connectivity index (χ4v) is 5.56. The number of aliphatic carboxylic acids is 1. The Balaban J connectivity index is 1.41. The van der Waals surface area contributed by atoms with Gasteiger partial charge in [0.25, 0.3) is 0 Å². The van der Waals surface area contributed by atoms with Gasteiger partial charge < -0.3 is 25.0 Å². The Morgan fingerprint density at radius 2 is 1.74 bits per heavy atom. The number of piperidine rings is 2. The number of nitrogens with zero attached hydrogens (tertiary/aromatic N) is 2. The number of hydrogen-bond acceptors (Lipinski definition) is 5. The van der Waals surface area contributed by atoms with Gasteiger partial charge in [-0.1, -0.05) is 18.2 Å². The van der Waals surface area contributed by atoms with Gasteiger partial charge in [0.1, 0.15) is 5.60 Å². The summed E-state index contributed by atoms with van der Waals surface area (Å²) < 4.78 is 44.4. The van der Waals surface area contributed by atoms with Crippen LogP contribution in [0.2, 0.25) is 0 Å². The number of likely N-dealkylation sites (tertiary alicyclic amines) is 2. The molecule has 12 heteroatoms. The number of carbonyl (C=O) groups is 4. The van der Waals surface area contributed by atoms with Gasteiger partial charge in [0.05, 0.1) is 17.4 Å². The number of alkyl halides is 3. The maximum atomic E-state index is 13.0. The number of halogens is 3. The first kappa shape index (κ1) is 34.2. The maximum Gasteiger partial charge on any atom is 0.416 e. The van der Waals surface area contributed by atoms with Crippen LogP contribution in [0.15, 0.2) is 24.3 Å². The van der Waals surface area contributed by atoms with E-state index in [9.17, 15) is 37.5 Å². The SMILES string of the molecule is CC(C)(C)OC(=O)N1CCC(CCC(=O)N2CCC[C@@H](C(=O)NC[C@@H](CCc3cccc(C(F)(F)F)c3)C(=O)O)C2)CC1. The smallest absolute Gasteiger partial charge is 0.416 e. The van der Waals surface area contributed by atoms with Crippen LogP contribution < -0.4 is 5.32 Å². The summed E-state index contributed by atoms with van der Waals surface area (Å²) in [6.45, 7) is 7.38. The van der Waals surface area contributed by atoms with Crippen molar-refractivity contribution in [1.82, 2.24) is 15.1 Å². The second kappa shape index (κ2) is 14.9. The zero-order valence-corrected chi connectivity index (χ0v) is 25.3. The molecule has 2 fully saturated rings. The summed E-state index contributed by atoms with van der Waals surface area (Å²) >= 11 is 0. The zero-order valence-electron chi connectivity index (χ0n) is 25.3. The molecule has 3 amide bonds. The third-order valence-electron chi connectivity index (χ3n) is 8.09. The van der Waals surface area contributed by atoms with Gasteiger partial charge in [-0.2, -0.15) is 13.2 Å². The van der Waals surface area contributed by atoms with Crippen molar-refractivity contribution in [2.45, 2.75) is 83.9 Å². The predicted molar refractivity (Wildman–Crippen MR) is 153 cm³/mol. The average Bonchev–Trinajstić information content (AvgIpc) is 2.94. The van der Waals surface area contributed by atoms with E-state index < -0.39 is 35.1 Å². The van der Waals surface area contributed by atoms with Crippen LogP contribution in [0, 0.1) is 17.8 Å². The van der Waals surface area contributed by atoms with Crippen molar-refractivity contribution in [2.75, 3.05) is 32.7 Å². The molecule has 0 bridgehead atoms. The molecule has 1 aromatic rings. The highest BCUT2D eigenvalue weighted by molar-refractivity contribution is 5.82. The van der Waals surface area contributed by atoms with Crippen molar-refractivity contribution in [3.05, 3.63) is 35.4 Å².